The molecule has 5 nitrogen and oxygen atoms in total. The van der Waals surface area contributed by atoms with Crippen LogP contribution in [0.4, 0.5) is 0 Å². The van der Waals surface area contributed by atoms with Crippen molar-refractivity contribution < 1.29 is 0 Å². The maximum atomic E-state index is 6.03. The van der Waals surface area contributed by atoms with E-state index in [2.05, 4.69) is 56.8 Å². The Balaban J connectivity index is 1.38. The number of nitrogens with zero attached hydrogens (tertiary/aromatic N) is 5. The summed E-state index contributed by atoms with van der Waals surface area (Å²) in [5, 5.41) is 1.31. The molecule has 3 aromatic heterocycles. The molecule has 0 radical (unpaired) electrons. The fourth-order valence-electron chi connectivity index (χ4n) is 4.24. The van der Waals surface area contributed by atoms with Crippen LogP contribution in [0, 0.1) is 0 Å². The van der Waals surface area contributed by atoms with E-state index in [1.807, 2.05) is 12.4 Å². The summed E-state index contributed by atoms with van der Waals surface area (Å²) in [4.78, 5) is 17.2. The highest BCUT2D eigenvalue weighted by molar-refractivity contribution is 7.15. The van der Waals surface area contributed by atoms with Crippen molar-refractivity contribution >= 4 is 33.8 Å². The topological polar surface area (TPSA) is 46.8 Å². The van der Waals surface area contributed by atoms with Gasteiger partial charge in [-0.05, 0) is 18.1 Å². The van der Waals surface area contributed by atoms with E-state index in [0.717, 1.165) is 51.3 Å². The van der Waals surface area contributed by atoms with E-state index in [-0.39, 0.29) is 0 Å². The molecular formula is C23H24ClN5S. The number of fused-ring (bicyclic) bond motifs is 2. The first kappa shape index (κ1) is 19.7. The molecule has 4 heterocycles. The maximum Gasteiger partial charge on any atom is 0.183 e. The Morgan fingerprint density at radius 1 is 1.13 bits per heavy atom. The Kier molecular flexibility index (Phi) is 5.54. The normalized spacial score (nSPS) is 14.3. The van der Waals surface area contributed by atoms with Gasteiger partial charge >= 0.3 is 0 Å². The molecule has 0 unspecified atom stereocenters. The molecule has 1 aliphatic rings. The third-order valence-electron chi connectivity index (χ3n) is 5.65. The highest BCUT2D eigenvalue weighted by atomic mass is 35.5. The van der Waals surface area contributed by atoms with Gasteiger partial charge in [-0.15, -0.1) is 11.3 Å². The van der Waals surface area contributed by atoms with Gasteiger partial charge in [-0.1, -0.05) is 36.7 Å². The molecule has 1 aliphatic heterocycles. The molecule has 7 heteroatoms. The number of benzene rings is 1. The van der Waals surface area contributed by atoms with Crippen molar-refractivity contribution in [3.63, 3.8) is 0 Å². The van der Waals surface area contributed by atoms with Crippen molar-refractivity contribution in [2.24, 2.45) is 0 Å². The summed E-state index contributed by atoms with van der Waals surface area (Å²) in [6.45, 7) is 5.82. The fraction of sp³-hybridized carbons (Fsp3) is 0.348. The van der Waals surface area contributed by atoms with Crippen molar-refractivity contribution in [1.29, 1.82) is 0 Å². The summed E-state index contributed by atoms with van der Waals surface area (Å²) in [7, 11) is 0. The van der Waals surface area contributed by atoms with Crippen LogP contribution in [0.15, 0.2) is 42.9 Å². The van der Waals surface area contributed by atoms with Gasteiger partial charge in [-0.3, -0.25) is 4.90 Å². The SMILES string of the molecule is CCCc1ncc2c(n1)CCN(Cc1cn(Cc3cnc(Cl)s3)c3ccccc13)C2. The number of rotatable bonds is 6. The molecule has 0 atom stereocenters. The van der Waals surface area contributed by atoms with Gasteiger partial charge in [0.2, 0.25) is 0 Å². The monoisotopic (exact) mass is 437 g/mol. The Bertz CT molecular complexity index is 1180. The van der Waals surface area contributed by atoms with Crippen molar-refractivity contribution in [1.82, 2.24) is 24.4 Å². The minimum atomic E-state index is 0.595. The van der Waals surface area contributed by atoms with Gasteiger partial charge < -0.3 is 4.57 Å². The third kappa shape index (κ3) is 4.00. The van der Waals surface area contributed by atoms with Crippen LogP contribution in [0.25, 0.3) is 10.9 Å². The molecule has 0 spiro atoms. The van der Waals surface area contributed by atoms with Gasteiger partial charge in [-0.25, -0.2) is 15.0 Å². The zero-order valence-electron chi connectivity index (χ0n) is 17.0. The first-order valence-electron chi connectivity index (χ1n) is 10.4. The first-order chi connectivity index (χ1) is 14.7. The smallest absolute Gasteiger partial charge is 0.183 e. The quantitative estimate of drug-likeness (QED) is 0.421. The van der Waals surface area contributed by atoms with Crippen LogP contribution in [0.3, 0.4) is 0 Å². The Morgan fingerprint density at radius 2 is 2.03 bits per heavy atom. The van der Waals surface area contributed by atoms with Crippen LogP contribution in [0.2, 0.25) is 4.47 Å². The van der Waals surface area contributed by atoms with Gasteiger partial charge in [0, 0.05) is 78.1 Å². The summed E-state index contributed by atoms with van der Waals surface area (Å²) >= 11 is 7.57. The number of hydrogen-bond acceptors (Lipinski definition) is 5. The summed E-state index contributed by atoms with van der Waals surface area (Å²) in [5.41, 5.74) is 5.11. The number of hydrogen-bond donors (Lipinski definition) is 0. The predicted molar refractivity (Wildman–Crippen MR) is 122 cm³/mol. The number of halogens is 1. The van der Waals surface area contributed by atoms with E-state index in [1.54, 1.807) is 11.3 Å². The van der Waals surface area contributed by atoms with E-state index in [9.17, 15) is 0 Å². The minimum Gasteiger partial charge on any atom is -0.342 e. The van der Waals surface area contributed by atoms with E-state index in [1.165, 1.54) is 32.6 Å². The predicted octanol–water partition coefficient (Wildman–Crippen LogP) is 5.10. The van der Waals surface area contributed by atoms with Gasteiger partial charge in [0.15, 0.2) is 4.47 Å². The highest BCUT2D eigenvalue weighted by Crippen LogP contribution is 2.27. The Labute approximate surface area is 185 Å². The van der Waals surface area contributed by atoms with Crippen LogP contribution in [-0.4, -0.2) is 31.0 Å². The molecule has 5 rings (SSSR count). The summed E-state index contributed by atoms with van der Waals surface area (Å²) in [5.74, 6) is 0.982. The lowest BCUT2D eigenvalue weighted by Gasteiger charge is -2.27. The zero-order chi connectivity index (χ0) is 20.5. The molecule has 0 fully saturated rings. The first-order valence-corrected chi connectivity index (χ1v) is 11.6. The van der Waals surface area contributed by atoms with Crippen molar-refractivity contribution in [2.75, 3.05) is 6.54 Å². The molecule has 0 saturated heterocycles. The Hall–Kier alpha value is -2.28. The van der Waals surface area contributed by atoms with Gasteiger partial charge in [0.25, 0.3) is 0 Å². The molecule has 30 heavy (non-hydrogen) atoms. The van der Waals surface area contributed by atoms with E-state index >= 15 is 0 Å². The molecule has 0 bridgehead atoms. The second-order valence-electron chi connectivity index (χ2n) is 7.85. The largest absolute Gasteiger partial charge is 0.342 e. The number of aromatic nitrogens is 4. The fourth-order valence-corrected chi connectivity index (χ4v) is 5.22. The summed E-state index contributed by atoms with van der Waals surface area (Å²) in [6.07, 6.45) is 9.23. The summed E-state index contributed by atoms with van der Waals surface area (Å²) < 4.78 is 2.91. The van der Waals surface area contributed by atoms with Gasteiger partial charge in [0.05, 0.1) is 6.54 Å². The molecule has 0 N–H and O–H groups in total. The minimum absolute atomic E-state index is 0.595. The van der Waals surface area contributed by atoms with Crippen LogP contribution < -0.4 is 0 Å². The third-order valence-corrected chi connectivity index (χ3v) is 6.75. The number of thiazole rings is 1. The average molecular weight is 438 g/mol. The van der Waals surface area contributed by atoms with Gasteiger partial charge in [-0.2, -0.15) is 0 Å². The van der Waals surface area contributed by atoms with Gasteiger partial charge in [0.1, 0.15) is 5.82 Å². The maximum absolute atomic E-state index is 6.03. The molecular weight excluding hydrogens is 414 g/mol. The second kappa shape index (κ2) is 8.46. The molecule has 0 aliphatic carbocycles. The lowest BCUT2D eigenvalue weighted by atomic mass is 10.1. The molecule has 1 aromatic carbocycles. The van der Waals surface area contributed by atoms with Crippen LogP contribution >= 0.6 is 22.9 Å². The van der Waals surface area contributed by atoms with E-state index in [4.69, 9.17) is 16.6 Å². The lowest BCUT2D eigenvalue weighted by molar-refractivity contribution is 0.243. The highest BCUT2D eigenvalue weighted by Gasteiger charge is 2.20. The average Bonchev–Trinajstić information content (AvgIpc) is 3.32. The van der Waals surface area contributed by atoms with Crippen molar-refractivity contribution in [2.45, 2.75) is 45.8 Å². The van der Waals surface area contributed by atoms with Crippen LogP contribution in [-0.2, 0) is 32.5 Å². The van der Waals surface area contributed by atoms with E-state index < -0.39 is 0 Å². The Morgan fingerprint density at radius 3 is 2.87 bits per heavy atom. The van der Waals surface area contributed by atoms with E-state index in [0.29, 0.717) is 4.47 Å². The molecule has 0 saturated carbocycles. The number of aryl methyl sites for hydroxylation is 1. The zero-order valence-corrected chi connectivity index (χ0v) is 18.6. The standard InChI is InChI=1S/C23H24ClN5S/c1-2-5-22-25-10-16-12-28(9-8-20(16)27-22)13-17-14-29(15-18-11-26-23(24)30-18)21-7-4-3-6-19(17)21/h3-4,6-7,10-11,14H,2,5,8-9,12-13,15H2,1H3. The van der Waals surface area contributed by atoms with Crippen LogP contribution in [0.5, 0.6) is 0 Å². The van der Waals surface area contributed by atoms with Crippen molar-refractivity contribution in [3.8, 4) is 0 Å². The lowest BCUT2D eigenvalue weighted by Crippen LogP contribution is -2.31. The number of para-hydroxylation sites is 1. The molecule has 154 valence electrons. The molecule has 4 aromatic rings. The van der Waals surface area contributed by atoms with Crippen molar-refractivity contribution in [3.05, 3.63) is 74.8 Å². The second-order valence-corrected chi connectivity index (χ2v) is 9.55. The van der Waals surface area contributed by atoms with Crippen LogP contribution in [0.1, 0.15) is 40.9 Å². The summed E-state index contributed by atoms with van der Waals surface area (Å²) in [6, 6.07) is 8.63. The molecule has 0 amide bonds.